The first-order valence-corrected chi connectivity index (χ1v) is 6.65. The molecule has 19 heavy (non-hydrogen) atoms. The van der Waals surface area contributed by atoms with Gasteiger partial charge in [-0.3, -0.25) is 4.90 Å². The van der Waals surface area contributed by atoms with Crippen LogP contribution >= 0.6 is 0 Å². The van der Waals surface area contributed by atoms with Crippen molar-refractivity contribution in [3.05, 3.63) is 47.5 Å². The molecule has 1 aliphatic rings. The number of rotatable bonds is 3. The summed E-state index contributed by atoms with van der Waals surface area (Å²) in [5.41, 5.74) is 8.56. The summed E-state index contributed by atoms with van der Waals surface area (Å²) >= 11 is 0. The monoisotopic (exact) mass is 257 g/mol. The minimum Gasteiger partial charge on any atom is -0.329 e. The van der Waals surface area contributed by atoms with Crippen LogP contribution in [-0.4, -0.2) is 32.8 Å². The van der Waals surface area contributed by atoms with Crippen LogP contribution in [0.25, 0.3) is 0 Å². The van der Waals surface area contributed by atoms with Gasteiger partial charge in [0.05, 0.1) is 6.54 Å². The Morgan fingerprint density at radius 2 is 2.26 bits per heavy atom. The van der Waals surface area contributed by atoms with Gasteiger partial charge < -0.3 is 10.3 Å². The van der Waals surface area contributed by atoms with E-state index in [0.29, 0.717) is 6.54 Å². The Bertz CT molecular complexity index is 562. The number of hydrogen-bond acceptors (Lipinski definition) is 4. The van der Waals surface area contributed by atoms with Gasteiger partial charge in [-0.15, -0.1) is 10.2 Å². The molecule has 100 valence electrons. The molecule has 1 aromatic carbocycles. The Labute approximate surface area is 113 Å². The molecular formula is C14H19N5. The van der Waals surface area contributed by atoms with E-state index in [1.54, 1.807) is 6.33 Å². The maximum Gasteiger partial charge on any atom is 0.147 e. The molecule has 1 unspecified atom stereocenters. The van der Waals surface area contributed by atoms with Crippen LogP contribution in [0, 0.1) is 6.92 Å². The molecule has 1 atom stereocenters. The number of aryl methyl sites for hydroxylation is 1. The summed E-state index contributed by atoms with van der Waals surface area (Å²) < 4.78 is 2.11. The van der Waals surface area contributed by atoms with Crippen LogP contribution in [0.3, 0.4) is 0 Å². The average molecular weight is 257 g/mol. The van der Waals surface area contributed by atoms with Gasteiger partial charge in [0.25, 0.3) is 0 Å². The Balaban J connectivity index is 1.84. The molecule has 2 heterocycles. The van der Waals surface area contributed by atoms with Crippen molar-refractivity contribution in [2.24, 2.45) is 5.73 Å². The minimum absolute atomic E-state index is 0.255. The molecule has 2 aromatic rings. The van der Waals surface area contributed by atoms with Crippen molar-refractivity contribution in [3.63, 3.8) is 0 Å². The van der Waals surface area contributed by atoms with Crippen LogP contribution in [-0.2, 0) is 13.1 Å². The van der Waals surface area contributed by atoms with E-state index < -0.39 is 0 Å². The maximum atomic E-state index is 6.00. The quantitative estimate of drug-likeness (QED) is 0.894. The molecule has 2 N–H and O–H groups in total. The van der Waals surface area contributed by atoms with E-state index in [-0.39, 0.29) is 6.04 Å². The second-order valence-corrected chi connectivity index (χ2v) is 5.08. The lowest BCUT2D eigenvalue weighted by Crippen LogP contribution is -2.39. The van der Waals surface area contributed by atoms with Crippen molar-refractivity contribution in [2.45, 2.75) is 26.1 Å². The van der Waals surface area contributed by atoms with Crippen molar-refractivity contribution in [1.29, 1.82) is 0 Å². The van der Waals surface area contributed by atoms with Crippen molar-refractivity contribution >= 4 is 0 Å². The van der Waals surface area contributed by atoms with Crippen molar-refractivity contribution in [3.8, 4) is 0 Å². The van der Waals surface area contributed by atoms with E-state index in [4.69, 9.17) is 5.73 Å². The molecule has 1 aromatic heterocycles. The van der Waals surface area contributed by atoms with Crippen LogP contribution in [0.2, 0.25) is 0 Å². The van der Waals surface area contributed by atoms with Crippen LogP contribution < -0.4 is 5.73 Å². The second-order valence-electron chi connectivity index (χ2n) is 5.08. The van der Waals surface area contributed by atoms with Gasteiger partial charge in [0.15, 0.2) is 0 Å². The molecular weight excluding hydrogens is 238 g/mol. The van der Waals surface area contributed by atoms with Gasteiger partial charge in [0.1, 0.15) is 12.2 Å². The lowest BCUT2D eigenvalue weighted by molar-refractivity contribution is 0.156. The van der Waals surface area contributed by atoms with Crippen molar-refractivity contribution in [2.75, 3.05) is 13.1 Å². The first-order valence-electron chi connectivity index (χ1n) is 6.65. The van der Waals surface area contributed by atoms with Crippen molar-refractivity contribution < 1.29 is 0 Å². The number of aromatic nitrogens is 3. The molecule has 5 nitrogen and oxygen atoms in total. The van der Waals surface area contributed by atoms with Gasteiger partial charge in [0, 0.05) is 25.7 Å². The van der Waals surface area contributed by atoms with E-state index in [2.05, 4.69) is 50.9 Å². The molecule has 0 amide bonds. The highest BCUT2D eigenvalue weighted by Gasteiger charge is 2.24. The summed E-state index contributed by atoms with van der Waals surface area (Å²) in [4.78, 5) is 2.39. The van der Waals surface area contributed by atoms with E-state index >= 15 is 0 Å². The van der Waals surface area contributed by atoms with Gasteiger partial charge >= 0.3 is 0 Å². The molecule has 0 aliphatic carbocycles. The lowest BCUT2D eigenvalue weighted by atomic mass is 10.0. The first kappa shape index (κ1) is 12.3. The van der Waals surface area contributed by atoms with Crippen LogP contribution in [0.1, 0.15) is 23.0 Å². The number of nitrogens with zero attached hydrogens (tertiary/aromatic N) is 4. The third kappa shape index (κ3) is 2.39. The molecule has 3 rings (SSSR count). The molecule has 0 fully saturated rings. The normalized spacial score (nSPS) is 17.2. The maximum absolute atomic E-state index is 6.00. The second kappa shape index (κ2) is 5.11. The number of fused-ring (bicyclic) bond motifs is 1. The fourth-order valence-corrected chi connectivity index (χ4v) is 2.72. The molecule has 5 heteroatoms. The molecule has 0 spiro atoms. The highest BCUT2D eigenvalue weighted by molar-refractivity contribution is 5.25. The standard InChI is InChI=1S/C14H19N5/c1-11-3-2-4-12(7-11)13(8-15)18-5-6-19-10-16-17-14(19)9-18/h2-4,7,10,13H,5-6,8-9,15H2,1H3. The fraction of sp³-hybridized carbons (Fsp3) is 0.429. The molecule has 0 bridgehead atoms. The van der Waals surface area contributed by atoms with E-state index in [9.17, 15) is 0 Å². The van der Waals surface area contributed by atoms with Crippen LogP contribution in [0.4, 0.5) is 0 Å². The van der Waals surface area contributed by atoms with Crippen LogP contribution in [0.15, 0.2) is 30.6 Å². The zero-order valence-corrected chi connectivity index (χ0v) is 11.2. The third-order valence-electron chi connectivity index (χ3n) is 3.76. The minimum atomic E-state index is 0.255. The Hall–Kier alpha value is -1.72. The van der Waals surface area contributed by atoms with E-state index in [1.165, 1.54) is 11.1 Å². The lowest BCUT2D eigenvalue weighted by Gasteiger charge is -2.34. The summed E-state index contributed by atoms with van der Waals surface area (Å²) in [5, 5.41) is 8.13. The van der Waals surface area contributed by atoms with Gasteiger partial charge in [-0.25, -0.2) is 0 Å². The topological polar surface area (TPSA) is 60.0 Å². The summed E-state index contributed by atoms with van der Waals surface area (Å²) in [5.74, 6) is 1.03. The highest BCUT2D eigenvalue weighted by atomic mass is 15.3. The van der Waals surface area contributed by atoms with Crippen molar-refractivity contribution in [1.82, 2.24) is 19.7 Å². The third-order valence-corrected chi connectivity index (χ3v) is 3.76. The summed E-state index contributed by atoms with van der Waals surface area (Å²) in [6.45, 7) is 5.48. The van der Waals surface area contributed by atoms with Gasteiger partial charge in [-0.1, -0.05) is 29.8 Å². The molecule has 1 aliphatic heterocycles. The highest BCUT2D eigenvalue weighted by Crippen LogP contribution is 2.24. The average Bonchev–Trinajstić information content (AvgIpc) is 2.87. The van der Waals surface area contributed by atoms with Gasteiger partial charge in [-0.2, -0.15) is 0 Å². The Morgan fingerprint density at radius 1 is 1.37 bits per heavy atom. The number of nitrogens with two attached hydrogens (primary N) is 1. The smallest absolute Gasteiger partial charge is 0.147 e. The number of hydrogen-bond donors (Lipinski definition) is 1. The summed E-state index contributed by atoms with van der Waals surface area (Å²) in [7, 11) is 0. The summed E-state index contributed by atoms with van der Waals surface area (Å²) in [6, 6.07) is 8.84. The predicted molar refractivity (Wildman–Crippen MR) is 73.4 cm³/mol. The zero-order chi connectivity index (χ0) is 13.2. The molecule has 0 saturated carbocycles. The SMILES string of the molecule is Cc1cccc(C(CN)N2CCn3cnnc3C2)c1. The van der Waals surface area contributed by atoms with Gasteiger partial charge in [0.2, 0.25) is 0 Å². The first-order chi connectivity index (χ1) is 9.28. The number of benzene rings is 1. The molecule has 0 radical (unpaired) electrons. The Morgan fingerprint density at radius 3 is 3.05 bits per heavy atom. The fourth-order valence-electron chi connectivity index (χ4n) is 2.72. The van der Waals surface area contributed by atoms with E-state index in [0.717, 1.165) is 25.5 Å². The van der Waals surface area contributed by atoms with E-state index in [1.807, 2.05) is 0 Å². The molecule has 0 saturated heterocycles. The summed E-state index contributed by atoms with van der Waals surface area (Å²) in [6.07, 6.45) is 1.80. The van der Waals surface area contributed by atoms with Gasteiger partial charge in [-0.05, 0) is 12.5 Å². The zero-order valence-electron chi connectivity index (χ0n) is 11.2. The largest absolute Gasteiger partial charge is 0.329 e. The predicted octanol–water partition coefficient (Wildman–Crippen LogP) is 1.10. The Kier molecular flexibility index (Phi) is 3.31. The van der Waals surface area contributed by atoms with Crippen LogP contribution in [0.5, 0.6) is 0 Å².